The van der Waals surface area contributed by atoms with Gasteiger partial charge >= 0.3 is 6.03 Å². The summed E-state index contributed by atoms with van der Waals surface area (Å²) >= 11 is 1.42. The van der Waals surface area contributed by atoms with Crippen LogP contribution in [0.1, 0.15) is 19.8 Å². The molecule has 1 aliphatic rings. The Morgan fingerprint density at radius 1 is 1.59 bits per heavy atom. The number of aromatic nitrogens is 1. The van der Waals surface area contributed by atoms with Crippen LogP contribution in [0.5, 0.6) is 0 Å². The van der Waals surface area contributed by atoms with Crippen molar-refractivity contribution < 1.29 is 4.79 Å². The van der Waals surface area contributed by atoms with E-state index in [-0.39, 0.29) is 6.03 Å². The number of nitrogens with one attached hydrogen (secondary N) is 2. The molecule has 1 aliphatic heterocycles. The third kappa shape index (κ3) is 3.67. The highest BCUT2D eigenvalue weighted by atomic mass is 32.1. The van der Waals surface area contributed by atoms with Gasteiger partial charge in [0, 0.05) is 24.2 Å². The zero-order valence-corrected chi connectivity index (χ0v) is 10.8. The van der Waals surface area contributed by atoms with Crippen LogP contribution in [0.25, 0.3) is 0 Å². The highest BCUT2D eigenvalue weighted by Crippen LogP contribution is 2.11. The maximum atomic E-state index is 11.6. The molecule has 17 heavy (non-hydrogen) atoms. The van der Waals surface area contributed by atoms with Crippen molar-refractivity contribution in [2.45, 2.75) is 25.8 Å². The molecule has 0 unspecified atom stereocenters. The summed E-state index contributed by atoms with van der Waals surface area (Å²) in [6.07, 6.45) is 4.22. The van der Waals surface area contributed by atoms with E-state index >= 15 is 0 Å². The number of nitrogens with zero attached hydrogens (tertiary/aromatic N) is 2. The zero-order chi connectivity index (χ0) is 12.1. The van der Waals surface area contributed by atoms with Gasteiger partial charge in [0.2, 0.25) is 0 Å². The molecule has 1 atom stereocenters. The van der Waals surface area contributed by atoms with Crippen LogP contribution in [0, 0.1) is 0 Å². The van der Waals surface area contributed by atoms with E-state index in [0.717, 1.165) is 13.1 Å². The molecule has 1 saturated heterocycles. The largest absolute Gasteiger partial charge is 0.336 e. The monoisotopic (exact) mass is 254 g/mol. The second-order valence-corrected chi connectivity index (χ2v) is 5.16. The number of thiazole rings is 1. The third-order valence-electron chi connectivity index (χ3n) is 2.97. The summed E-state index contributed by atoms with van der Waals surface area (Å²) in [6, 6.07) is 0.227. The molecule has 5 nitrogen and oxygen atoms in total. The molecule has 0 saturated carbocycles. The van der Waals surface area contributed by atoms with Gasteiger partial charge < -0.3 is 5.32 Å². The van der Waals surface area contributed by atoms with Crippen molar-refractivity contribution in [2.75, 3.05) is 25.0 Å². The quantitative estimate of drug-likeness (QED) is 0.860. The van der Waals surface area contributed by atoms with Gasteiger partial charge in [-0.2, -0.15) is 0 Å². The lowest BCUT2D eigenvalue weighted by atomic mass is 10.3. The third-order valence-corrected chi connectivity index (χ3v) is 3.66. The van der Waals surface area contributed by atoms with Crippen LogP contribution in [-0.2, 0) is 0 Å². The summed E-state index contributed by atoms with van der Waals surface area (Å²) in [4.78, 5) is 18.0. The smallest absolute Gasteiger partial charge is 0.321 e. The summed E-state index contributed by atoms with van der Waals surface area (Å²) in [7, 11) is 0. The van der Waals surface area contributed by atoms with Crippen molar-refractivity contribution in [2.24, 2.45) is 0 Å². The van der Waals surface area contributed by atoms with E-state index in [1.54, 1.807) is 6.20 Å². The first-order valence-corrected chi connectivity index (χ1v) is 6.82. The van der Waals surface area contributed by atoms with Gasteiger partial charge in [0.1, 0.15) is 0 Å². The van der Waals surface area contributed by atoms with Gasteiger partial charge in [-0.1, -0.05) is 0 Å². The fourth-order valence-corrected chi connectivity index (χ4v) is 2.50. The van der Waals surface area contributed by atoms with Gasteiger partial charge in [-0.3, -0.25) is 10.2 Å². The molecule has 1 aromatic heterocycles. The normalized spacial score (nSPS) is 17.9. The maximum Gasteiger partial charge on any atom is 0.321 e. The molecule has 0 radical (unpaired) electrons. The van der Waals surface area contributed by atoms with Crippen LogP contribution < -0.4 is 10.6 Å². The van der Waals surface area contributed by atoms with Gasteiger partial charge in [0.25, 0.3) is 0 Å². The summed E-state index contributed by atoms with van der Waals surface area (Å²) in [5.41, 5.74) is 0. The molecule has 2 heterocycles. The Labute approximate surface area is 105 Å². The van der Waals surface area contributed by atoms with Crippen LogP contribution in [-0.4, -0.2) is 41.6 Å². The van der Waals surface area contributed by atoms with E-state index in [9.17, 15) is 4.79 Å². The lowest BCUT2D eigenvalue weighted by Gasteiger charge is -2.23. The fraction of sp³-hybridized carbons (Fsp3) is 0.636. The summed E-state index contributed by atoms with van der Waals surface area (Å²) in [5.74, 6) is 0. The standard InChI is InChI=1S/C11H18N4OS/c1-9(15-5-2-3-6-15)8-13-10(16)14-11-12-4-7-17-11/h4,7,9H,2-3,5-6,8H2,1H3,(H2,12,13,14,16)/t9-/m0/s1. The molecule has 1 fully saturated rings. The van der Waals surface area contributed by atoms with Crippen LogP contribution >= 0.6 is 11.3 Å². The van der Waals surface area contributed by atoms with E-state index in [1.165, 1.54) is 24.2 Å². The Morgan fingerprint density at radius 2 is 2.35 bits per heavy atom. The van der Waals surface area contributed by atoms with E-state index in [1.807, 2.05) is 5.38 Å². The molecule has 2 N–H and O–H groups in total. The predicted molar refractivity (Wildman–Crippen MR) is 69.4 cm³/mol. The Balaban J connectivity index is 1.68. The van der Waals surface area contributed by atoms with Gasteiger partial charge in [0.05, 0.1) is 0 Å². The minimum atomic E-state index is -0.175. The Kier molecular flexibility index (Phi) is 4.33. The summed E-state index contributed by atoms with van der Waals surface area (Å²) in [6.45, 7) is 5.13. The van der Waals surface area contributed by atoms with Crippen LogP contribution in [0.4, 0.5) is 9.93 Å². The number of hydrogen-bond acceptors (Lipinski definition) is 4. The molecular formula is C11H18N4OS. The second-order valence-electron chi connectivity index (χ2n) is 4.26. The lowest BCUT2D eigenvalue weighted by Crippen LogP contribution is -2.42. The minimum Gasteiger partial charge on any atom is -0.336 e. The van der Waals surface area contributed by atoms with Gasteiger partial charge in [-0.15, -0.1) is 11.3 Å². The van der Waals surface area contributed by atoms with Crippen LogP contribution in [0.2, 0.25) is 0 Å². The van der Waals surface area contributed by atoms with Crippen molar-refractivity contribution in [1.82, 2.24) is 15.2 Å². The van der Waals surface area contributed by atoms with Gasteiger partial charge in [-0.05, 0) is 32.9 Å². The van der Waals surface area contributed by atoms with Crippen LogP contribution in [0.3, 0.4) is 0 Å². The van der Waals surface area contributed by atoms with Crippen LogP contribution in [0.15, 0.2) is 11.6 Å². The number of urea groups is 1. The highest BCUT2D eigenvalue weighted by molar-refractivity contribution is 7.13. The lowest BCUT2D eigenvalue weighted by molar-refractivity contribution is 0.234. The molecule has 1 aromatic rings. The molecular weight excluding hydrogens is 236 g/mol. The Hall–Kier alpha value is -1.14. The van der Waals surface area contributed by atoms with Crippen molar-refractivity contribution in [1.29, 1.82) is 0 Å². The Morgan fingerprint density at radius 3 is 3.00 bits per heavy atom. The summed E-state index contributed by atoms with van der Waals surface area (Å²) in [5, 5.41) is 8.05. The van der Waals surface area contributed by atoms with Crippen molar-refractivity contribution in [3.05, 3.63) is 11.6 Å². The van der Waals surface area contributed by atoms with Gasteiger partial charge in [0.15, 0.2) is 5.13 Å². The molecule has 6 heteroatoms. The molecule has 0 bridgehead atoms. The molecule has 2 rings (SSSR count). The number of rotatable bonds is 4. The molecule has 2 amide bonds. The van der Waals surface area contributed by atoms with E-state index in [0.29, 0.717) is 17.7 Å². The average molecular weight is 254 g/mol. The number of carbonyl (C=O) groups excluding carboxylic acids is 1. The maximum absolute atomic E-state index is 11.6. The van der Waals surface area contributed by atoms with Crippen molar-refractivity contribution in [3.63, 3.8) is 0 Å². The summed E-state index contributed by atoms with van der Waals surface area (Å²) < 4.78 is 0. The van der Waals surface area contributed by atoms with E-state index in [4.69, 9.17) is 0 Å². The number of hydrogen-bond donors (Lipinski definition) is 2. The number of amides is 2. The first-order valence-electron chi connectivity index (χ1n) is 5.94. The number of carbonyl (C=O) groups is 1. The molecule has 0 aromatic carbocycles. The Bertz CT molecular complexity index is 348. The first kappa shape index (κ1) is 12.3. The molecule has 94 valence electrons. The number of anilines is 1. The first-order chi connectivity index (χ1) is 8.25. The molecule has 0 spiro atoms. The predicted octanol–water partition coefficient (Wildman–Crippen LogP) is 1.75. The minimum absolute atomic E-state index is 0.175. The highest BCUT2D eigenvalue weighted by Gasteiger charge is 2.18. The van der Waals surface area contributed by atoms with Crippen molar-refractivity contribution in [3.8, 4) is 0 Å². The van der Waals surface area contributed by atoms with E-state index in [2.05, 4.69) is 27.4 Å². The van der Waals surface area contributed by atoms with Gasteiger partial charge in [-0.25, -0.2) is 9.78 Å². The van der Waals surface area contributed by atoms with E-state index < -0.39 is 0 Å². The second kappa shape index (κ2) is 5.97. The molecule has 0 aliphatic carbocycles. The average Bonchev–Trinajstić information content (AvgIpc) is 2.97. The van der Waals surface area contributed by atoms with Crippen molar-refractivity contribution >= 4 is 22.5 Å². The number of likely N-dealkylation sites (tertiary alicyclic amines) is 1. The fourth-order valence-electron chi connectivity index (χ4n) is 1.98. The topological polar surface area (TPSA) is 57.3 Å². The zero-order valence-electron chi connectivity index (χ0n) is 9.98. The SMILES string of the molecule is C[C@@H](CNC(=O)Nc1nccs1)N1CCCC1.